The van der Waals surface area contributed by atoms with Gasteiger partial charge in [0.2, 0.25) is 0 Å². The van der Waals surface area contributed by atoms with Gasteiger partial charge in [0.05, 0.1) is 12.2 Å². The Morgan fingerprint density at radius 1 is 0.907 bits per heavy atom. The highest BCUT2D eigenvalue weighted by Gasteiger charge is 2.41. The first-order chi connectivity index (χ1) is 20.8. The van der Waals surface area contributed by atoms with Crippen LogP contribution in [0.15, 0.2) is 115 Å². The van der Waals surface area contributed by atoms with Gasteiger partial charge in [-0.2, -0.15) is 0 Å². The molecular formula is C38H40O5. The van der Waals surface area contributed by atoms with E-state index in [2.05, 4.69) is 69.0 Å². The number of carboxylic acid groups (broad SMARTS) is 1. The molecule has 5 rings (SSSR count). The van der Waals surface area contributed by atoms with Gasteiger partial charge in [0.15, 0.2) is 6.61 Å². The molecule has 1 saturated heterocycles. The fourth-order valence-corrected chi connectivity index (χ4v) is 5.97. The van der Waals surface area contributed by atoms with E-state index >= 15 is 0 Å². The zero-order valence-corrected chi connectivity index (χ0v) is 25.1. The number of benzene rings is 4. The molecule has 4 atom stereocenters. The normalized spacial score (nSPS) is 20.0. The first-order valence-corrected chi connectivity index (χ1v) is 15.0. The SMILES string of the molecule is C=C(C)[C@@H]1C[C@@H](c2ccc(-c3ccccc3)cc2)[C@@H](CC(C)C)O[C@H]1c1cc(Oc2ccccc2)ccc1OCC(=O)O. The van der Waals surface area contributed by atoms with E-state index in [-0.39, 0.29) is 24.0 Å². The largest absolute Gasteiger partial charge is 0.482 e. The summed E-state index contributed by atoms with van der Waals surface area (Å²) >= 11 is 0. The number of rotatable bonds is 11. The molecule has 4 aromatic rings. The smallest absolute Gasteiger partial charge is 0.341 e. The van der Waals surface area contributed by atoms with Crippen LogP contribution in [0.4, 0.5) is 0 Å². The van der Waals surface area contributed by atoms with Crippen molar-refractivity contribution in [1.29, 1.82) is 0 Å². The Kier molecular flexibility index (Phi) is 9.63. The van der Waals surface area contributed by atoms with Crippen molar-refractivity contribution < 1.29 is 24.1 Å². The molecular weight excluding hydrogens is 536 g/mol. The van der Waals surface area contributed by atoms with E-state index in [1.807, 2.05) is 49.4 Å². The van der Waals surface area contributed by atoms with Gasteiger partial charge >= 0.3 is 5.97 Å². The molecule has 0 bridgehead atoms. The summed E-state index contributed by atoms with van der Waals surface area (Å²) in [5.74, 6) is 1.38. The van der Waals surface area contributed by atoms with Crippen molar-refractivity contribution in [3.05, 3.63) is 126 Å². The molecule has 1 heterocycles. The maximum Gasteiger partial charge on any atom is 0.341 e. The fourth-order valence-electron chi connectivity index (χ4n) is 5.97. The van der Waals surface area contributed by atoms with Gasteiger partial charge < -0.3 is 19.3 Å². The van der Waals surface area contributed by atoms with Crippen LogP contribution in [-0.2, 0) is 9.53 Å². The molecule has 0 radical (unpaired) electrons. The summed E-state index contributed by atoms with van der Waals surface area (Å²) in [6, 6.07) is 34.3. The second-order valence-electron chi connectivity index (χ2n) is 11.8. The van der Waals surface area contributed by atoms with Gasteiger partial charge in [-0.25, -0.2) is 4.79 Å². The topological polar surface area (TPSA) is 65.0 Å². The Labute approximate surface area is 254 Å². The third-order valence-electron chi connectivity index (χ3n) is 8.04. The van der Waals surface area contributed by atoms with Crippen LogP contribution < -0.4 is 9.47 Å². The molecule has 1 fully saturated rings. The number of carboxylic acids is 1. The van der Waals surface area contributed by atoms with Crippen molar-refractivity contribution in [2.24, 2.45) is 11.8 Å². The minimum absolute atomic E-state index is 0.0126. The first kappa shape index (κ1) is 30.1. The Bertz CT molecular complexity index is 1510. The number of carbonyl (C=O) groups is 1. The maximum atomic E-state index is 11.4. The van der Waals surface area contributed by atoms with Crippen molar-refractivity contribution in [2.75, 3.05) is 6.61 Å². The molecule has 5 heteroatoms. The molecule has 5 nitrogen and oxygen atoms in total. The quantitative estimate of drug-likeness (QED) is 0.180. The molecule has 1 aliphatic rings. The van der Waals surface area contributed by atoms with E-state index in [1.165, 1.54) is 16.7 Å². The van der Waals surface area contributed by atoms with Crippen LogP contribution in [0.3, 0.4) is 0 Å². The van der Waals surface area contributed by atoms with Gasteiger partial charge in [0, 0.05) is 17.4 Å². The van der Waals surface area contributed by atoms with E-state index in [0.717, 1.165) is 24.0 Å². The molecule has 222 valence electrons. The van der Waals surface area contributed by atoms with Crippen LogP contribution in [0.1, 0.15) is 56.8 Å². The highest BCUT2D eigenvalue weighted by molar-refractivity contribution is 5.68. The lowest BCUT2D eigenvalue weighted by molar-refractivity contribution is -0.139. The van der Waals surface area contributed by atoms with Gasteiger partial charge in [0.1, 0.15) is 17.2 Å². The minimum Gasteiger partial charge on any atom is -0.482 e. The van der Waals surface area contributed by atoms with E-state index in [1.54, 1.807) is 12.1 Å². The van der Waals surface area contributed by atoms with Crippen molar-refractivity contribution in [1.82, 2.24) is 0 Å². The summed E-state index contributed by atoms with van der Waals surface area (Å²) in [7, 11) is 0. The average molecular weight is 577 g/mol. The molecule has 4 aromatic carbocycles. The highest BCUT2D eigenvalue weighted by Crippen LogP contribution is 2.50. The molecule has 0 aromatic heterocycles. The highest BCUT2D eigenvalue weighted by atomic mass is 16.5. The number of para-hydroxylation sites is 1. The van der Waals surface area contributed by atoms with Crippen molar-refractivity contribution >= 4 is 5.97 Å². The number of hydrogen-bond acceptors (Lipinski definition) is 4. The molecule has 0 aliphatic carbocycles. The van der Waals surface area contributed by atoms with Crippen LogP contribution in [0.5, 0.6) is 17.2 Å². The summed E-state index contributed by atoms with van der Waals surface area (Å²) in [5.41, 5.74) is 5.41. The van der Waals surface area contributed by atoms with E-state index < -0.39 is 12.6 Å². The van der Waals surface area contributed by atoms with Crippen LogP contribution in [-0.4, -0.2) is 23.8 Å². The molecule has 43 heavy (non-hydrogen) atoms. The van der Waals surface area contributed by atoms with E-state index in [9.17, 15) is 9.90 Å². The Morgan fingerprint density at radius 3 is 2.19 bits per heavy atom. The summed E-state index contributed by atoms with van der Waals surface area (Å²) < 4.78 is 19.0. The van der Waals surface area contributed by atoms with Crippen LogP contribution in [0.25, 0.3) is 11.1 Å². The van der Waals surface area contributed by atoms with Crippen LogP contribution >= 0.6 is 0 Å². The Balaban J connectivity index is 1.50. The van der Waals surface area contributed by atoms with Crippen molar-refractivity contribution in [3.8, 4) is 28.4 Å². The number of aliphatic carboxylic acids is 1. The third kappa shape index (κ3) is 7.54. The molecule has 0 saturated carbocycles. The summed E-state index contributed by atoms with van der Waals surface area (Å²) in [4.78, 5) is 11.4. The third-order valence-corrected chi connectivity index (χ3v) is 8.04. The zero-order chi connectivity index (χ0) is 30.3. The molecule has 1 N–H and O–H groups in total. The first-order valence-electron chi connectivity index (χ1n) is 15.0. The van der Waals surface area contributed by atoms with Gasteiger partial charge in [-0.1, -0.05) is 98.8 Å². The fraction of sp³-hybridized carbons (Fsp3) is 0.289. The van der Waals surface area contributed by atoms with Crippen LogP contribution in [0, 0.1) is 11.8 Å². The van der Waals surface area contributed by atoms with Gasteiger partial charge in [-0.3, -0.25) is 0 Å². The van der Waals surface area contributed by atoms with E-state index in [0.29, 0.717) is 23.2 Å². The zero-order valence-electron chi connectivity index (χ0n) is 25.1. The average Bonchev–Trinajstić information content (AvgIpc) is 3.01. The van der Waals surface area contributed by atoms with E-state index in [4.69, 9.17) is 14.2 Å². The number of ether oxygens (including phenoxy) is 3. The second kappa shape index (κ2) is 13.7. The Morgan fingerprint density at radius 2 is 1.56 bits per heavy atom. The van der Waals surface area contributed by atoms with Crippen molar-refractivity contribution in [2.45, 2.75) is 51.7 Å². The predicted octanol–water partition coefficient (Wildman–Crippen LogP) is 9.46. The Hall–Kier alpha value is -4.35. The minimum atomic E-state index is -1.03. The summed E-state index contributed by atoms with van der Waals surface area (Å²) in [6.45, 7) is 10.4. The second-order valence-corrected chi connectivity index (χ2v) is 11.8. The molecule has 1 aliphatic heterocycles. The standard InChI is InChI=1S/C38H40O5/c1-25(2)21-36-33(29-17-15-28(16-18-29)27-11-7-5-8-12-27)23-32(26(3)4)38(43-36)34-22-31(42-30-13-9-6-10-14-30)19-20-35(34)41-24-37(39)40/h5-20,22,25,32-33,36,38H,3,21,23-24H2,1-2,4H3,(H,39,40)/t32-,33-,36+,38+/m0/s1. The van der Waals surface area contributed by atoms with Gasteiger partial charge in [-0.15, -0.1) is 0 Å². The van der Waals surface area contributed by atoms with Crippen LogP contribution in [0.2, 0.25) is 0 Å². The van der Waals surface area contributed by atoms with Crippen molar-refractivity contribution in [3.63, 3.8) is 0 Å². The van der Waals surface area contributed by atoms with Gasteiger partial charge in [-0.05, 0) is 72.7 Å². The molecule has 0 unspecified atom stereocenters. The lowest BCUT2D eigenvalue weighted by atomic mass is 9.74. The summed E-state index contributed by atoms with van der Waals surface area (Å²) in [5, 5.41) is 9.36. The lowest BCUT2D eigenvalue weighted by Gasteiger charge is -2.43. The predicted molar refractivity (Wildman–Crippen MR) is 171 cm³/mol. The van der Waals surface area contributed by atoms with Gasteiger partial charge in [0.25, 0.3) is 0 Å². The number of hydrogen-bond donors (Lipinski definition) is 1. The summed E-state index contributed by atoms with van der Waals surface area (Å²) in [6.07, 6.45) is 1.32. The monoisotopic (exact) mass is 576 g/mol. The maximum absolute atomic E-state index is 11.4. The molecule has 0 spiro atoms. The molecule has 0 amide bonds. The lowest BCUT2D eigenvalue weighted by Crippen LogP contribution is -2.37.